The lowest BCUT2D eigenvalue weighted by Crippen LogP contribution is -2.45. The van der Waals surface area contributed by atoms with E-state index in [2.05, 4.69) is 32.3 Å². The number of rotatable bonds is 6. The molecule has 176 valence electrons. The van der Waals surface area contributed by atoms with Crippen LogP contribution in [0.3, 0.4) is 0 Å². The smallest absolute Gasteiger partial charge is 0.253 e. The van der Waals surface area contributed by atoms with Crippen LogP contribution in [-0.2, 0) is 4.79 Å². The van der Waals surface area contributed by atoms with E-state index < -0.39 is 0 Å². The molecule has 0 radical (unpaired) electrons. The number of anilines is 2. The van der Waals surface area contributed by atoms with E-state index in [1.807, 2.05) is 29.3 Å². The van der Waals surface area contributed by atoms with E-state index in [0.29, 0.717) is 24.3 Å². The largest absolute Gasteiger partial charge is 0.364 e. The number of amides is 2. The number of hydrogen-bond donors (Lipinski definition) is 2. The fourth-order valence-corrected chi connectivity index (χ4v) is 4.29. The fraction of sp³-hybridized carbons (Fsp3) is 0.192. The first-order valence-electron chi connectivity index (χ1n) is 11.4. The summed E-state index contributed by atoms with van der Waals surface area (Å²) in [6.45, 7) is 4.71. The highest BCUT2D eigenvalue weighted by molar-refractivity contribution is 5.99. The van der Waals surface area contributed by atoms with Crippen molar-refractivity contribution in [3.8, 4) is 11.1 Å². The Hall–Kier alpha value is -4.53. The Morgan fingerprint density at radius 1 is 1.09 bits per heavy atom. The predicted octanol–water partition coefficient (Wildman–Crippen LogP) is 3.63. The van der Waals surface area contributed by atoms with Gasteiger partial charge in [-0.05, 0) is 66.9 Å². The van der Waals surface area contributed by atoms with Gasteiger partial charge >= 0.3 is 0 Å². The van der Waals surface area contributed by atoms with Gasteiger partial charge in [0.1, 0.15) is 5.82 Å². The highest BCUT2D eigenvalue weighted by Crippen LogP contribution is 2.26. The van der Waals surface area contributed by atoms with Gasteiger partial charge in [-0.25, -0.2) is 9.50 Å². The zero-order valence-electron chi connectivity index (χ0n) is 19.1. The number of nitrogens with one attached hydrogen (secondary N) is 2. The molecule has 9 heteroatoms. The molecule has 5 rings (SSSR count). The van der Waals surface area contributed by atoms with Crippen LogP contribution < -0.4 is 10.6 Å². The molecule has 4 heterocycles. The van der Waals surface area contributed by atoms with Crippen LogP contribution in [-0.4, -0.2) is 55.4 Å². The van der Waals surface area contributed by atoms with Crippen molar-refractivity contribution in [2.24, 2.45) is 0 Å². The molecule has 1 fully saturated rings. The molecule has 9 nitrogen and oxygen atoms in total. The maximum Gasteiger partial charge on any atom is 0.253 e. The van der Waals surface area contributed by atoms with Crippen molar-refractivity contribution in [3.05, 3.63) is 85.5 Å². The van der Waals surface area contributed by atoms with Crippen molar-refractivity contribution < 1.29 is 9.59 Å². The quantitative estimate of drug-likeness (QED) is 0.420. The molecule has 0 spiro atoms. The summed E-state index contributed by atoms with van der Waals surface area (Å²) >= 11 is 0. The van der Waals surface area contributed by atoms with Gasteiger partial charge in [0.25, 0.3) is 5.91 Å². The summed E-state index contributed by atoms with van der Waals surface area (Å²) in [5.41, 5.74) is 3.95. The van der Waals surface area contributed by atoms with Gasteiger partial charge in [-0.15, -0.1) is 5.10 Å². The van der Waals surface area contributed by atoms with Gasteiger partial charge in [0.05, 0.1) is 0 Å². The molecule has 1 saturated heterocycles. The number of nitrogens with zero attached hydrogens (tertiary/aromatic N) is 5. The van der Waals surface area contributed by atoms with E-state index in [9.17, 15) is 9.59 Å². The molecule has 1 aliphatic heterocycles. The number of carbonyl (C=O) groups is 2. The summed E-state index contributed by atoms with van der Waals surface area (Å²) in [7, 11) is 0. The molecule has 1 atom stereocenters. The third kappa shape index (κ3) is 4.89. The molecule has 35 heavy (non-hydrogen) atoms. The Morgan fingerprint density at radius 2 is 1.89 bits per heavy atom. The number of likely N-dealkylation sites (tertiary alicyclic amines) is 1. The van der Waals surface area contributed by atoms with Crippen LogP contribution >= 0.6 is 0 Å². The van der Waals surface area contributed by atoms with E-state index in [1.54, 1.807) is 47.4 Å². The molecular formula is C26H25N7O2. The standard InChI is InChI=1S/C26H25N7O2/c1-2-24(34)30-20-7-5-19(6-8-20)26(35)32-14-3-4-21(17-32)29-23-16-22(18-9-11-27-12-10-18)25-28-13-15-33(25)31-23/h2,5-13,15-16,21H,1,3-4,14,17H2,(H,29,31)(H,30,34)/t21-/m1/s1. The van der Waals surface area contributed by atoms with Crippen LogP contribution in [0.5, 0.6) is 0 Å². The number of imidazole rings is 1. The van der Waals surface area contributed by atoms with Gasteiger partial charge in [0, 0.05) is 60.7 Å². The number of fused-ring (bicyclic) bond motifs is 1. The van der Waals surface area contributed by atoms with Crippen molar-refractivity contribution in [1.29, 1.82) is 0 Å². The van der Waals surface area contributed by atoms with Crippen LogP contribution in [0.2, 0.25) is 0 Å². The normalized spacial score (nSPS) is 15.5. The molecule has 2 amide bonds. The van der Waals surface area contributed by atoms with E-state index >= 15 is 0 Å². The molecule has 0 bridgehead atoms. The molecule has 0 unspecified atom stereocenters. The molecule has 4 aromatic rings. The molecule has 0 saturated carbocycles. The minimum absolute atomic E-state index is 0.0337. The summed E-state index contributed by atoms with van der Waals surface area (Å²) in [4.78, 5) is 35.0. The van der Waals surface area contributed by atoms with Gasteiger partial charge in [-0.1, -0.05) is 6.58 Å². The van der Waals surface area contributed by atoms with Crippen LogP contribution in [0.1, 0.15) is 23.2 Å². The SMILES string of the molecule is C=CC(=O)Nc1ccc(C(=O)N2CCC[C@@H](Nc3cc(-c4ccncc4)c4nccn4n3)C2)cc1. The van der Waals surface area contributed by atoms with E-state index in [1.165, 1.54) is 6.08 Å². The molecule has 1 aromatic carbocycles. The van der Waals surface area contributed by atoms with Gasteiger partial charge in [0.15, 0.2) is 5.65 Å². The first-order chi connectivity index (χ1) is 17.1. The first kappa shape index (κ1) is 22.3. The zero-order chi connectivity index (χ0) is 24.2. The molecule has 2 N–H and O–H groups in total. The average Bonchev–Trinajstić information content (AvgIpc) is 3.37. The Morgan fingerprint density at radius 3 is 2.66 bits per heavy atom. The Kier molecular flexibility index (Phi) is 6.21. The van der Waals surface area contributed by atoms with Crippen molar-refractivity contribution in [1.82, 2.24) is 24.5 Å². The van der Waals surface area contributed by atoms with Gasteiger partial charge in [0.2, 0.25) is 5.91 Å². The monoisotopic (exact) mass is 467 g/mol. The topological polar surface area (TPSA) is 105 Å². The zero-order valence-corrected chi connectivity index (χ0v) is 19.1. The third-order valence-electron chi connectivity index (χ3n) is 6.00. The second-order valence-electron chi connectivity index (χ2n) is 8.38. The van der Waals surface area contributed by atoms with Crippen LogP contribution in [0.15, 0.2) is 79.9 Å². The van der Waals surface area contributed by atoms with E-state index in [4.69, 9.17) is 0 Å². The molecule has 0 aliphatic carbocycles. The summed E-state index contributed by atoms with van der Waals surface area (Å²) in [6, 6.07) is 12.9. The van der Waals surface area contributed by atoms with Crippen molar-refractivity contribution in [3.63, 3.8) is 0 Å². The minimum atomic E-state index is -0.288. The maximum atomic E-state index is 13.1. The van der Waals surface area contributed by atoms with Crippen LogP contribution in [0, 0.1) is 0 Å². The lowest BCUT2D eigenvalue weighted by atomic mass is 10.0. The molecular weight excluding hydrogens is 442 g/mol. The van der Waals surface area contributed by atoms with Crippen molar-refractivity contribution in [2.45, 2.75) is 18.9 Å². The minimum Gasteiger partial charge on any atom is -0.364 e. The first-order valence-corrected chi connectivity index (χ1v) is 11.4. The highest BCUT2D eigenvalue weighted by atomic mass is 16.2. The van der Waals surface area contributed by atoms with Crippen LogP contribution in [0.25, 0.3) is 16.8 Å². The summed E-state index contributed by atoms with van der Waals surface area (Å²) in [5, 5.41) is 10.9. The predicted molar refractivity (Wildman–Crippen MR) is 134 cm³/mol. The summed E-state index contributed by atoms with van der Waals surface area (Å²) in [5.74, 6) is 0.404. The number of hydrogen-bond acceptors (Lipinski definition) is 6. The fourth-order valence-electron chi connectivity index (χ4n) is 4.29. The number of pyridine rings is 1. The Bertz CT molecular complexity index is 1370. The van der Waals surface area contributed by atoms with Gasteiger partial charge < -0.3 is 15.5 Å². The molecule has 3 aromatic heterocycles. The number of benzene rings is 1. The lowest BCUT2D eigenvalue weighted by Gasteiger charge is -2.33. The summed E-state index contributed by atoms with van der Waals surface area (Å²) < 4.78 is 1.76. The van der Waals surface area contributed by atoms with Crippen LogP contribution in [0.4, 0.5) is 11.5 Å². The summed E-state index contributed by atoms with van der Waals surface area (Å²) in [6.07, 6.45) is 10.1. The van der Waals surface area contributed by atoms with E-state index in [-0.39, 0.29) is 17.9 Å². The lowest BCUT2D eigenvalue weighted by molar-refractivity contribution is -0.111. The molecule has 1 aliphatic rings. The van der Waals surface area contributed by atoms with Crippen molar-refractivity contribution >= 4 is 29.0 Å². The Balaban J connectivity index is 1.30. The van der Waals surface area contributed by atoms with Gasteiger partial charge in [-0.2, -0.15) is 0 Å². The van der Waals surface area contributed by atoms with Crippen molar-refractivity contribution in [2.75, 3.05) is 23.7 Å². The second-order valence-corrected chi connectivity index (χ2v) is 8.38. The van der Waals surface area contributed by atoms with E-state index in [0.717, 1.165) is 35.4 Å². The average molecular weight is 468 g/mol. The third-order valence-corrected chi connectivity index (χ3v) is 6.00. The van der Waals surface area contributed by atoms with Gasteiger partial charge in [-0.3, -0.25) is 14.6 Å². The maximum absolute atomic E-state index is 13.1. The highest BCUT2D eigenvalue weighted by Gasteiger charge is 2.25. The number of piperidine rings is 1. The number of aromatic nitrogens is 4. The second kappa shape index (κ2) is 9.76. The Labute approximate surface area is 202 Å². The number of carbonyl (C=O) groups excluding carboxylic acids is 2.